The minimum absolute atomic E-state index is 0.138. The molecule has 1 aliphatic carbocycles. The molecule has 0 spiro atoms. The molecule has 0 bridgehead atoms. The third kappa shape index (κ3) is 7.33. The smallest absolute Gasteiger partial charge is 0.408 e. The Morgan fingerprint density at radius 1 is 0.974 bits per heavy atom. The van der Waals surface area contributed by atoms with Crippen LogP contribution in [0, 0.1) is 26.7 Å². The van der Waals surface area contributed by atoms with E-state index in [1.54, 1.807) is 31.7 Å². The molecule has 212 valence electrons. The van der Waals surface area contributed by atoms with Crippen LogP contribution in [0.25, 0.3) is 0 Å². The lowest BCUT2D eigenvalue weighted by molar-refractivity contribution is -0.146. The molecular weight excluding hydrogens is 514 g/mol. The van der Waals surface area contributed by atoms with Gasteiger partial charge in [0.2, 0.25) is 5.91 Å². The molecule has 0 saturated heterocycles. The van der Waals surface area contributed by atoms with E-state index in [-0.39, 0.29) is 23.8 Å². The highest BCUT2D eigenvalue weighted by Gasteiger charge is 2.43. The molecule has 0 radical (unpaired) electrons. The van der Waals surface area contributed by atoms with Gasteiger partial charge < -0.3 is 20.3 Å². The van der Waals surface area contributed by atoms with E-state index in [4.69, 9.17) is 16.3 Å². The van der Waals surface area contributed by atoms with Gasteiger partial charge >= 0.3 is 6.09 Å². The molecular formula is C31H42ClN3O4. The van der Waals surface area contributed by atoms with Crippen molar-refractivity contribution in [1.82, 2.24) is 10.2 Å². The van der Waals surface area contributed by atoms with Gasteiger partial charge in [0.05, 0.1) is 10.7 Å². The Labute approximate surface area is 237 Å². The maximum Gasteiger partial charge on any atom is 0.408 e. The van der Waals surface area contributed by atoms with Crippen LogP contribution in [0.3, 0.4) is 0 Å². The van der Waals surface area contributed by atoms with E-state index in [2.05, 4.69) is 10.6 Å². The zero-order valence-electron chi connectivity index (χ0n) is 24.4. The van der Waals surface area contributed by atoms with Crippen LogP contribution in [0.2, 0.25) is 5.02 Å². The number of ether oxygens (including phenoxy) is 1. The van der Waals surface area contributed by atoms with Crippen molar-refractivity contribution in [2.75, 3.05) is 5.32 Å². The van der Waals surface area contributed by atoms with Gasteiger partial charge in [0.15, 0.2) is 0 Å². The molecule has 39 heavy (non-hydrogen) atoms. The zero-order valence-corrected chi connectivity index (χ0v) is 25.1. The molecule has 2 aromatic rings. The van der Waals surface area contributed by atoms with Crippen LogP contribution in [0.4, 0.5) is 10.5 Å². The van der Waals surface area contributed by atoms with Gasteiger partial charge in [0, 0.05) is 6.04 Å². The number of carbonyl (C=O) groups excluding carboxylic acids is 3. The van der Waals surface area contributed by atoms with E-state index < -0.39 is 23.8 Å². The van der Waals surface area contributed by atoms with E-state index in [0.29, 0.717) is 10.7 Å². The maximum atomic E-state index is 14.4. The molecule has 1 saturated carbocycles. The summed E-state index contributed by atoms with van der Waals surface area (Å²) in [5.74, 6) is -0.886. The minimum atomic E-state index is -0.915. The number of para-hydroxylation sites is 1. The van der Waals surface area contributed by atoms with E-state index in [9.17, 15) is 14.4 Å². The summed E-state index contributed by atoms with van der Waals surface area (Å²) in [6.07, 6.45) is 1.86. The lowest BCUT2D eigenvalue weighted by atomic mass is 9.85. The van der Waals surface area contributed by atoms with Gasteiger partial charge in [-0.3, -0.25) is 9.59 Å². The number of amides is 3. The van der Waals surface area contributed by atoms with E-state index >= 15 is 0 Å². The van der Waals surface area contributed by atoms with Gasteiger partial charge in [0.1, 0.15) is 17.7 Å². The number of rotatable bonds is 8. The second-order valence-corrected chi connectivity index (χ2v) is 12.2. The number of hydrogen-bond acceptors (Lipinski definition) is 4. The van der Waals surface area contributed by atoms with E-state index in [1.807, 2.05) is 65.0 Å². The predicted octanol–water partition coefficient (Wildman–Crippen LogP) is 6.88. The van der Waals surface area contributed by atoms with Crippen molar-refractivity contribution in [2.45, 2.75) is 98.4 Å². The van der Waals surface area contributed by atoms with Crippen LogP contribution in [-0.4, -0.2) is 40.5 Å². The van der Waals surface area contributed by atoms with E-state index in [0.717, 1.165) is 41.5 Å². The first-order valence-corrected chi connectivity index (χ1v) is 14.0. The number of halogens is 1. The molecule has 2 unspecified atom stereocenters. The lowest BCUT2D eigenvalue weighted by Gasteiger charge is -2.44. The molecule has 2 N–H and O–H groups in total. The second-order valence-electron chi connectivity index (χ2n) is 11.8. The lowest BCUT2D eigenvalue weighted by Crippen LogP contribution is -2.58. The zero-order chi connectivity index (χ0) is 29.1. The average Bonchev–Trinajstić information content (AvgIpc) is 2.78. The first kappa shape index (κ1) is 30.5. The number of nitrogens with zero attached hydrogens (tertiary/aromatic N) is 1. The largest absolute Gasteiger partial charge is 0.444 e. The van der Waals surface area contributed by atoms with Crippen molar-refractivity contribution in [1.29, 1.82) is 0 Å². The number of carbonyl (C=O) groups is 3. The van der Waals surface area contributed by atoms with Crippen molar-refractivity contribution in [2.24, 2.45) is 5.92 Å². The molecule has 2 aromatic carbocycles. The molecule has 3 rings (SSSR count). The van der Waals surface area contributed by atoms with Crippen molar-refractivity contribution < 1.29 is 19.1 Å². The third-order valence-electron chi connectivity index (χ3n) is 7.14. The van der Waals surface area contributed by atoms with Crippen LogP contribution < -0.4 is 10.6 Å². The number of nitrogens with one attached hydrogen (secondary N) is 2. The molecule has 1 fully saturated rings. The molecule has 0 aromatic heterocycles. The highest BCUT2D eigenvalue weighted by Crippen LogP contribution is 2.38. The molecule has 0 heterocycles. The Bertz CT molecular complexity index is 1180. The number of anilines is 1. The number of alkyl carbamates (subject to hydrolysis) is 1. The van der Waals surface area contributed by atoms with Gasteiger partial charge in [-0.15, -0.1) is 0 Å². The summed E-state index contributed by atoms with van der Waals surface area (Å²) < 4.78 is 5.47. The number of benzene rings is 2. The Balaban J connectivity index is 2.10. The number of aryl methyl sites for hydroxylation is 3. The summed E-state index contributed by atoms with van der Waals surface area (Å²) in [5, 5.41) is 6.25. The topological polar surface area (TPSA) is 87.7 Å². The quantitative estimate of drug-likeness (QED) is 0.372. The fourth-order valence-corrected chi connectivity index (χ4v) is 5.20. The molecule has 2 atom stereocenters. The predicted molar refractivity (Wildman–Crippen MR) is 156 cm³/mol. The molecule has 8 heteroatoms. The fourth-order valence-electron chi connectivity index (χ4n) is 4.93. The summed E-state index contributed by atoms with van der Waals surface area (Å²) in [6.45, 7) is 14.9. The summed E-state index contributed by atoms with van der Waals surface area (Å²) >= 11 is 6.48. The minimum Gasteiger partial charge on any atom is -0.444 e. The Morgan fingerprint density at radius 2 is 1.54 bits per heavy atom. The Morgan fingerprint density at radius 3 is 2.03 bits per heavy atom. The van der Waals surface area contributed by atoms with E-state index in [1.165, 1.54) is 0 Å². The maximum absolute atomic E-state index is 14.4. The van der Waals surface area contributed by atoms with Crippen LogP contribution in [0.15, 0.2) is 36.4 Å². The Hall–Kier alpha value is -3.06. The third-order valence-corrected chi connectivity index (χ3v) is 7.45. The summed E-state index contributed by atoms with van der Waals surface area (Å²) in [7, 11) is 0. The fraction of sp³-hybridized carbons (Fsp3) is 0.516. The van der Waals surface area contributed by atoms with Crippen LogP contribution in [0.5, 0.6) is 0 Å². The van der Waals surface area contributed by atoms with Gasteiger partial charge in [-0.1, -0.05) is 55.8 Å². The summed E-state index contributed by atoms with van der Waals surface area (Å²) in [4.78, 5) is 43.1. The van der Waals surface area contributed by atoms with Gasteiger partial charge in [-0.05, 0) is 95.0 Å². The monoisotopic (exact) mass is 555 g/mol. The van der Waals surface area contributed by atoms with Crippen molar-refractivity contribution >= 4 is 35.2 Å². The van der Waals surface area contributed by atoms with Crippen molar-refractivity contribution in [3.8, 4) is 0 Å². The van der Waals surface area contributed by atoms with Crippen LogP contribution in [-0.2, 0) is 14.3 Å². The molecule has 0 aliphatic heterocycles. The van der Waals surface area contributed by atoms with Crippen LogP contribution in [0.1, 0.15) is 82.2 Å². The first-order chi connectivity index (χ1) is 18.2. The van der Waals surface area contributed by atoms with Gasteiger partial charge in [-0.25, -0.2) is 4.79 Å². The molecule has 7 nitrogen and oxygen atoms in total. The highest BCUT2D eigenvalue weighted by molar-refractivity contribution is 6.34. The average molecular weight is 556 g/mol. The normalized spacial score (nSPS) is 15.2. The van der Waals surface area contributed by atoms with Gasteiger partial charge in [-0.2, -0.15) is 0 Å². The summed E-state index contributed by atoms with van der Waals surface area (Å²) in [6, 6.07) is 9.35. The number of hydrogen-bond donors (Lipinski definition) is 2. The van der Waals surface area contributed by atoms with Crippen molar-refractivity contribution in [3.63, 3.8) is 0 Å². The molecule has 1 aliphatic rings. The summed E-state index contributed by atoms with van der Waals surface area (Å²) in [5.41, 5.74) is 3.22. The van der Waals surface area contributed by atoms with Gasteiger partial charge in [0.25, 0.3) is 5.91 Å². The molecule has 3 amide bonds. The standard InChI is InChI=1S/C31H42ClN3O4/c1-18(2)25(34-30(38)39-31(6,7)8)29(37)35(22-15-11-16-22)27(24-19(3)12-9-13-20(24)4)28(36)33-26-21(5)14-10-17-23(26)32/h9-10,12-14,17-18,22,25,27H,11,15-16H2,1-8H3,(H,33,36)(H,34,38). The van der Waals surface area contributed by atoms with Crippen LogP contribution >= 0.6 is 11.6 Å². The SMILES string of the molecule is Cc1cccc(Cl)c1NC(=O)C(c1c(C)cccc1C)N(C(=O)C(NC(=O)OC(C)(C)C)C(C)C)C1CCC1. The second kappa shape index (κ2) is 12.4. The highest BCUT2D eigenvalue weighted by atomic mass is 35.5. The Kier molecular flexibility index (Phi) is 9.70. The first-order valence-electron chi connectivity index (χ1n) is 13.6. The van der Waals surface area contributed by atoms with Crippen molar-refractivity contribution in [3.05, 3.63) is 63.7 Å².